The topological polar surface area (TPSA) is 83.5 Å². The van der Waals surface area contributed by atoms with Crippen molar-refractivity contribution in [3.63, 3.8) is 0 Å². The molecule has 0 spiro atoms. The Morgan fingerprint density at radius 3 is 2.58 bits per heavy atom. The van der Waals surface area contributed by atoms with Crippen molar-refractivity contribution in [2.24, 2.45) is 5.92 Å². The van der Waals surface area contributed by atoms with Gasteiger partial charge in [-0.2, -0.15) is 0 Å². The van der Waals surface area contributed by atoms with E-state index in [0.717, 1.165) is 6.42 Å². The molecular weight excluding hydrogens is 334 g/mol. The Kier molecular flexibility index (Phi) is 5.51. The Balaban J connectivity index is 2.99. The van der Waals surface area contributed by atoms with E-state index in [1.54, 1.807) is 0 Å². The highest BCUT2D eigenvalue weighted by Gasteiger charge is 2.19. The van der Waals surface area contributed by atoms with E-state index in [4.69, 9.17) is 5.11 Å². The monoisotopic (exact) mass is 349 g/mol. The first kappa shape index (κ1) is 16.1. The zero-order valence-electron chi connectivity index (χ0n) is 10.7. The molecule has 1 aromatic rings. The van der Waals surface area contributed by atoms with Crippen molar-refractivity contribution in [2.45, 2.75) is 25.2 Å². The maximum Gasteiger partial charge on any atom is 0.335 e. The third-order valence-electron chi connectivity index (χ3n) is 2.79. The van der Waals surface area contributed by atoms with Gasteiger partial charge in [0.15, 0.2) is 0 Å². The minimum atomic E-state index is -3.63. The number of hydrogen-bond acceptors (Lipinski definition) is 3. The van der Waals surface area contributed by atoms with Crippen molar-refractivity contribution in [2.75, 3.05) is 6.54 Å². The van der Waals surface area contributed by atoms with Crippen LogP contribution in [0.5, 0.6) is 0 Å². The van der Waals surface area contributed by atoms with Crippen molar-refractivity contribution in [3.8, 4) is 0 Å². The first-order valence-corrected chi connectivity index (χ1v) is 8.08. The van der Waals surface area contributed by atoms with E-state index in [1.807, 2.05) is 13.8 Å². The summed E-state index contributed by atoms with van der Waals surface area (Å²) in [5, 5.41) is 8.83. The Labute approximate surface area is 121 Å². The number of aromatic carboxylic acids is 1. The fourth-order valence-electron chi connectivity index (χ4n) is 1.33. The van der Waals surface area contributed by atoms with Crippen LogP contribution in [0.15, 0.2) is 27.6 Å². The number of hydrogen-bond donors (Lipinski definition) is 2. The number of rotatable bonds is 6. The SMILES string of the molecule is CCC(C)CNS(=O)(=O)c1ccc(C(=O)O)cc1Br. The van der Waals surface area contributed by atoms with Gasteiger partial charge in [0.2, 0.25) is 10.0 Å². The summed E-state index contributed by atoms with van der Waals surface area (Å²) in [7, 11) is -3.63. The molecule has 1 aromatic carbocycles. The van der Waals surface area contributed by atoms with Crippen LogP contribution in [0.2, 0.25) is 0 Å². The average Bonchev–Trinajstić information content (AvgIpc) is 2.35. The van der Waals surface area contributed by atoms with E-state index in [9.17, 15) is 13.2 Å². The lowest BCUT2D eigenvalue weighted by molar-refractivity contribution is 0.0696. The van der Waals surface area contributed by atoms with Crippen LogP contribution in [0.4, 0.5) is 0 Å². The Bertz CT molecular complexity index is 571. The van der Waals surface area contributed by atoms with Crippen molar-refractivity contribution < 1.29 is 18.3 Å². The highest BCUT2D eigenvalue weighted by molar-refractivity contribution is 9.10. The highest BCUT2D eigenvalue weighted by atomic mass is 79.9. The van der Waals surface area contributed by atoms with Crippen molar-refractivity contribution >= 4 is 31.9 Å². The maximum atomic E-state index is 12.1. The second-order valence-corrected chi connectivity index (χ2v) is 6.91. The molecule has 0 aliphatic rings. The van der Waals surface area contributed by atoms with Crippen LogP contribution in [0.1, 0.15) is 30.6 Å². The number of carboxylic acids is 1. The molecule has 1 unspecified atom stereocenters. The molecule has 0 bridgehead atoms. The third kappa shape index (κ3) is 4.29. The fraction of sp³-hybridized carbons (Fsp3) is 0.417. The third-order valence-corrected chi connectivity index (χ3v) is 5.19. The van der Waals surface area contributed by atoms with Crippen molar-refractivity contribution in [1.29, 1.82) is 0 Å². The lowest BCUT2D eigenvalue weighted by Gasteiger charge is -2.12. The molecule has 106 valence electrons. The van der Waals surface area contributed by atoms with Gasteiger partial charge in [0.1, 0.15) is 0 Å². The lowest BCUT2D eigenvalue weighted by atomic mass is 10.1. The molecule has 5 nitrogen and oxygen atoms in total. The summed E-state index contributed by atoms with van der Waals surface area (Å²) in [5.74, 6) is -0.857. The van der Waals surface area contributed by atoms with Gasteiger partial charge in [-0.1, -0.05) is 20.3 Å². The van der Waals surface area contributed by atoms with Gasteiger partial charge in [0.05, 0.1) is 10.5 Å². The van der Waals surface area contributed by atoms with Crippen molar-refractivity contribution in [1.82, 2.24) is 4.72 Å². The second-order valence-electron chi connectivity index (χ2n) is 4.32. The van der Waals surface area contributed by atoms with Crippen LogP contribution < -0.4 is 4.72 Å². The maximum absolute atomic E-state index is 12.1. The van der Waals surface area contributed by atoms with E-state index in [-0.39, 0.29) is 20.8 Å². The van der Waals surface area contributed by atoms with E-state index in [1.165, 1.54) is 18.2 Å². The number of sulfonamides is 1. The van der Waals surface area contributed by atoms with Gasteiger partial charge in [-0.05, 0) is 40.0 Å². The predicted octanol–water partition coefficient (Wildman–Crippen LogP) is 2.47. The lowest BCUT2D eigenvalue weighted by Crippen LogP contribution is -2.28. The minimum Gasteiger partial charge on any atom is -0.478 e. The van der Waals surface area contributed by atoms with Gasteiger partial charge in [-0.15, -0.1) is 0 Å². The molecule has 0 saturated heterocycles. The van der Waals surface area contributed by atoms with Gasteiger partial charge in [-0.3, -0.25) is 0 Å². The molecule has 1 rings (SSSR count). The summed E-state index contributed by atoms with van der Waals surface area (Å²) in [6.45, 7) is 4.29. The first-order chi connectivity index (χ1) is 8.77. The molecule has 1 atom stereocenters. The largest absolute Gasteiger partial charge is 0.478 e. The zero-order valence-corrected chi connectivity index (χ0v) is 13.1. The van der Waals surface area contributed by atoms with Gasteiger partial charge < -0.3 is 5.11 Å². The predicted molar refractivity (Wildman–Crippen MR) is 75.7 cm³/mol. The van der Waals surface area contributed by atoms with E-state index in [2.05, 4.69) is 20.7 Å². The van der Waals surface area contributed by atoms with Crippen molar-refractivity contribution in [3.05, 3.63) is 28.2 Å². The molecule has 0 heterocycles. The molecule has 0 aliphatic heterocycles. The van der Waals surface area contributed by atoms with Crippen LogP contribution in [0.25, 0.3) is 0 Å². The molecule has 2 N–H and O–H groups in total. The molecule has 0 saturated carbocycles. The Morgan fingerprint density at radius 2 is 2.11 bits per heavy atom. The van der Waals surface area contributed by atoms with Gasteiger partial charge >= 0.3 is 5.97 Å². The number of nitrogens with one attached hydrogen (secondary N) is 1. The van der Waals surface area contributed by atoms with Crippen LogP contribution in [-0.4, -0.2) is 26.0 Å². The quantitative estimate of drug-likeness (QED) is 0.826. The fourth-order valence-corrected chi connectivity index (χ4v) is 3.57. The smallest absolute Gasteiger partial charge is 0.335 e. The normalized spacial score (nSPS) is 13.2. The number of benzene rings is 1. The molecular formula is C12H16BrNO4S. The molecule has 0 aromatic heterocycles. The average molecular weight is 350 g/mol. The summed E-state index contributed by atoms with van der Waals surface area (Å²) in [6.07, 6.45) is 0.877. The van der Waals surface area contributed by atoms with Crippen LogP contribution in [-0.2, 0) is 10.0 Å². The van der Waals surface area contributed by atoms with Crippen LogP contribution in [0, 0.1) is 5.92 Å². The standard InChI is InChI=1S/C12H16BrNO4S/c1-3-8(2)7-14-19(17,18)11-5-4-9(12(15)16)6-10(11)13/h4-6,8,14H,3,7H2,1-2H3,(H,15,16). The summed E-state index contributed by atoms with van der Waals surface area (Å²) in [5.41, 5.74) is 0.0350. The summed E-state index contributed by atoms with van der Waals surface area (Å²) >= 11 is 3.09. The highest BCUT2D eigenvalue weighted by Crippen LogP contribution is 2.23. The Morgan fingerprint density at radius 1 is 1.47 bits per heavy atom. The van der Waals surface area contributed by atoms with Gasteiger partial charge in [0, 0.05) is 11.0 Å². The summed E-state index contributed by atoms with van der Waals surface area (Å²) in [6, 6.07) is 3.83. The first-order valence-electron chi connectivity index (χ1n) is 5.80. The second kappa shape index (κ2) is 6.49. The van der Waals surface area contributed by atoms with E-state index < -0.39 is 16.0 Å². The number of carboxylic acid groups (broad SMARTS) is 1. The molecule has 0 radical (unpaired) electrons. The number of halogens is 1. The minimum absolute atomic E-state index is 0.0350. The van der Waals surface area contributed by atoms with Gasteiger partial charge in [-0.25, -0.2) is 17.9 Å². The van der Waals surface area contributed by atoms with Crippen LogP contribution >= 0.6 is 15.9 Å². The molecule has 0 amide bonds. The number of carbonyl (C=O) groups is 1. The molecule has 19 heavy (non-hydrogen) atoms. The molecule has 7 heteroatoms. The van der Waals surface area contributed by atoms with Gasteiger partial charge in [0.25, 0.3) is 0 Å². The zero-order chi connectivity index (χ0) is 14.6. The molecule has 0 aliphatic carbocycles. The van der Waals surface area contributed by atoms with Crippen LogP contribution in [0.3, 0.4) is 0 Å². The summed E-state index contributed by atoms with van der Waals surface area (Å²) < 4.78 is 26.9. The van der Waals surface area contributed by atoms with E-state index >= 15 is 0 Å². The Hall–Kier alpha value is -0.920. The molecule has 0 fully saturated rings. The van der Waals surface area contributed by atoms with E-state index in [0.29, 0.717) is 6.54 Å². The summed E-state index contributed by atoms with van der Waals surface area (Å²) in [4.78, 5) is 10.8.